The van der Waals surface area contributed by atoms with E-state index in [1.54, 1.807) is 0 Å². The molecule has 1 nitrogen and oxygen atoms in total. The maximum absolute atomic E-state index is 7.62. The summed E-state index contributed by atoms with van der Waals surface area (Å²) in [4.78, 5) is 0. The maximum atomic E-state index is 7.62. The van der Waals surface area contributed by atoms with E-state index in [4.69, 9.17) is 5.26 Å². The monoisotopic (exact) mass is 89.0 g/mol. The van der Waals surface area contributed by atoms with E-state index in [9.17, 15) is 0 Å². The number of hydrogen-bond acceptors (Lipinski definition) is 1. The van der Waals surface area contributed by atoms with Gasteiger partial charge in [-0.25, -0.2) is 0 Å². The molecule has 0 saturated carbocycles. The number of hydrogen-bond donors (Lipinski definition) is 0. The van der Waals surface area contributed by atoms with Crippen LogP contribution in [0, 0.1) is 11.3 Å². The number of nitrogens with zero attached hydrogens (tertiary/aromatic N) is 1. The van der Waals surface area contributed by atoms with Crippen molar-refractivity contribution >= 4 is 13.5 Å². The van der Waals surface area contributed by atoms with Gasteiger partial charge in [0, 0.05) is 6.42 Å². The smallest absolute Gasteiger partial charge is 0.0618 e. The number of rotatable bonds is 0. The van der Waals surface area contributed by atoms with Gasteiger partial charge in [-0.15, -0.1) is 0 Å². The first-order valence-electron chi connectivity index (χ1n) is 1.28. The Morgan fingerprint density at radius 1 is 1.80 bits per heavy atom. The summed E-state index contributed by atoms with van der Waals surface area (Å²) in [6, 6.07) is 1.93. The maximum Gasteiger partial charge on any atom is 0.0618 e. The second kappa shape index (κ2) is 9.15. The van der Waals surface area contributed by atoms with Crippen LogP contribution in [0.4, 0.5) is 0 Å². The van der Waals surface area contributed by atoms with Crippen molar-refractivity contribution in [1.82, 2.24) is 0 Å². The predicted octanol–water partition coefficient (Wildman–Crippen LogP) is 1.03. The second-order valence-corrected chi connectivity index (χ2v) is 0.512. The topological polar surface area (TPSA) is 23.8 Å². The van der Waals surface area contributed by atoms with E-state index in [1.807, 2.05) is 13.0 Å². The predicted molar refractivity (Wildman–Crippen MR) is 26.3 cm³/mol. The van der Waals surface area contributed by atoms with Gasteiger partial charge in [-0.1, -0.05) is 6.92 Å². The lowest BCUT2D eigenvalue weighted by Crippen LogP contribution is -1.38. The summed E-state index contributed by atoms with van der Waals surface area (Å²) in [6.45, 7) is 1.82. The van der Waals surface area contributed by atoms with Crippen LogP contribution < -0.4 is 0 Å². The minimum atomic E-state index is 0. The second-order valence-electron chi connectivity index (χ2n) is 0.512. The summed E-state index contributed by atoms with van der Waals surface area (Å²) >= 11 is 0. The molecule has 5 heavy (non-hydrogen) atoms. The summed E-state index contributed by atoms with van der Waals surface area (Å²) in [5.74, 6) is 0. The molecule has 0 spiro atoms. The van der Waals surface area contributed by atoms with Gasteiger partial charge >= 0.3 is 0 Å². The van der Waals surface area contributed by atoms with E-state index in [0.29, 0.717) is 6.42 Å². The minimum Gasteiger partial charge on any atom is -0.198 e. The SMILES string of the molecule is CCC#N.S. The lowest BCUT2D eigenvalue weighted by Gasteiger charge is -1.47. The quantitative estimate of drug-likeness (QED) is 0.435. The third kappa shape index (κ3) is 18.4. The third-order valence-electron chi connectivity index (χ3n) is 0.158. The summed E-state index contributed by atoms with van der Waals surface area (Å²) in [5, 5.41) is 7.62. The fourth-order valence-corrected chi connectivity index (χ4v) is 0. The zero-order valence-corrected chi connectivity index (χ0v) is 4.15. The van der Waals surface area contributed by atoms with E-state index in [2.05, 4.69) is 0 Å². The molecule has 0 aromatic rings. The lowest BCUT2D eigenvalue weighted by atomic mass is 10.6. The highest BCUT2D eigenvalue weighted by Crippen LogP contribution is 1.58. The van der Waals surface area contributed by atoms with Crippen LogP contribution in [0.1, 0.15) is 13.3 Å². The van der Waals surface area contributed by atoms with Crippen LogP contribution in [0.25, 0.3) is 0 Å². The van der Waals surface area contributed by atoms with Gasteiger partial charge in [0.2, 0.25) is 0 Å². The largest absolute Gasteiger partial charge is 0.198 e. The van der Waals surface area contributed by atoms with E-state index in [1.165, 1.54) is 0 Å². The van der Waals surface area contributed by atoms with E-state index < -0.39 is 0 Å². The first-order chi connectivity index (χ1) is 1.91. The Hall–Kier alpha value is -0.160. The third-order valence-corrected chi connectivity index (χ3v) is 0.158. The van der Waals surface area contributed by atoms with Crippen LogP contribution in [0.5, 0.6) is 0 Å². The summed E-state index contributed by atoms with van der Waals surface area (Å²) in [6.07, 6.45) is 0.625. The molecule has 0 aliphatic carbocycles. The van der Waals surface area contributed by atoms with Crippen molar-refractivity contribution in [1.29, 1.82) is 5.26 Å². The van der Waals surface area contributed by atoms with E-state index >= 15 is 0 Å². The first kappa shape index (κ1) is 8.85. The van der Waals surface area contributed by atoms with Gasteiger partial charge in [0.25, 0.3) is 0 Å². The Kier molecular flexibility index (Phi) is 16.2. The lowest BCUT2D eigenvalue weighted by molar-refractivity contribution is 1.22. The highest BCUT2D eigenvalue weighted by atomic mass is 32.1. The average molecular weight is 89.2 g/mol. The van der Waals surface area contributed by atoms with Gasteiger partial charge in [0.15, 0.2) is 0 Å². The van der Waals surface area contributed by atoms with E-state index in [0.717, 1.165) is 0 Å². The fraction of sp³-hybridized carbons (Fsp3) is 0.667. The molecule has 0 rings (SSSR count). The van der Waals surface area contributed by atoms with Crippen LogP contribution >= 0.6 is 13.5 Å². The summed E-state index contributed by atoms with van der Waals surface area (Å²) in [7, 11) is 0. The van der Waals surface area contributed by atoms with Crippen molar-refractivity contribution in [2.45, 2.75) is 13.3 Å². The Balaban J connectivity index is 0. The minimum absolute atomic E-state index is 0. The van der Waals surface area contributed by atoms with Crippen LogP contribution in [0.2, 0.25) is 0 Å². The van der Waals surface area contributed by atoms with Gasteiger partial charge in [-0.2, -0.15) is 18.8 Å². The van der Waals surface area contributed by atoms with Gasteiger partial charge in [0.1, 0.15) is 0 Å². The molecule has 0 amide bonds. The molecule has 0 aliphatic heterocycles. The molecule has 0 bridgehead atoms. The molecule has 0 heterocycles. The van der Waals surface area contributed by atoms with Crippen molar-refractivity contribution < 1.29 is 0 Å². The molecule has 0 aliphatic rings. The highest BCUT2D eigenvalue weighted by Gasteiger charge is 1.49. The Labute approximate surface area is 39.1 Å². The van der Waals surface area contributed by atoms with Gasteiger partial charge < -0.3 is 0 Å². The van der Waals surface area contributed by atoms with Crippen molar-refractivity contribution in [3.05, 3.63) is 0 Å². The molecular weight excluding hydrogens is 82.1 g/mol. The molecule has 30 valence electrons. The van der Waals surface area contributed by atoms with Crippen molar-refractivity contribution in [3.63, 3.8) is 0 Å². The van der Waals surface area contributed by atoms with Crippen molar-refractivity contribution in [2.75, 3.05) is 0 Å². The average Bonchev–Trinajstić information content (AvgIpc) is 1.37. The molecule has 0 atom stereocenters. The van der Waals surface area contributed by atoms with E-state index in [-0.39, 0.29) is 13.5 Å². The Morgan fingerprint density at radius 3 is 2.00 bits per heavy atom. The standard InChI is InChI=1S/C3H5N.H2S/c1-2-3-4;/h2H2,1H3;1H2. The molecule has 0 saturated heterocycles. The molecule has 0 fully saturated rings. The Bertz CT molecular complexity index is 36.6. The van der Waals surface area contributed by atoms with Crippen LogP contribution in [-0.2, 0) is 0 Å². The number of nitriles is 1. The van der Waals surface area contributed by atoms with Crippen LogP contribution in [0.3, 0.4) is 0 Å². The Morgan fingerprint density at radius 2 is 2.00 bits per heavy atom. The van der Waals surface area contributed by atoms with Gasteiger partial charge in [-0.3, -0.25) is 0 Å². The first-order valence-corrected chi connectivity index (χ1v) is 1.28. The van der Waals surface area contributed by atoms with Gasteiger partial charge in [0.05, 0.1) is 6.07 Å². The highest BCUT2D eigenvalue weighted by molar-refractivity contribution is 7.59. The molecular formula is C3H7NS. The van der Waals surface area contributed by atoms with Crippen LogP contribution in [-0.4, -0.2) is 0 Å². The summed E-state index contributed by atoms with van der Waals surface area (Å²) in [5.41, 5.74) is 0. The van der Waals surface area contributed by atoms with Crippen LogP contribution in [0.15, 0.2) is 0 Å². The summed E-state index contributed by atoms with van der Waals surface area (Å²) < 4.78 is 0. The van der Waals surface area contributed by atoms with Gasteiger partial charge in [-0.05, 0) is 0 Å². The molecule has 0 aromatic heterocycles. The van der Waals surface area contributed by atoms with Crippen molar-refractivity contribution in [3.8, 4) is 6.07 Å². The molecule has 0 N–H and O–H groups in total. The molecule has 0 unspecified atom stereocenters. The molecule has 0 radical (unpaired) electrons. The normalized spacial score (nSPS) is 4.00. The van der Waals surface area contributed by atoms with Crippen molar-refractivity contribution in [2.24, 2.45) is 0 Å². The molecule has 0 aromatic carbocycles. The zero-order chi connectivity index (χ0) is 3.41. The molecule has 2 heteroatoms. The zero-order valence-electron chi connectivity index (χ0n) is 3.15. The fourth-order valence-electron chi connectivity index (χ4n) is 0.